The highest BCUT2D eigenvalue weighted by Crippen LogP contribution is 2.27. The van der Waals surface area contributed by atoms with Crippen LogP contribution in [-0.2, 0) is 4.79 Å². The second-order valence-corrected chi connectivity index (χ2v) is 5.67. The molecule has 0 saturated heterocycles. The highest BCUT2D eigenvalue weighted by molar-refractivity contribution is 5.82. The smallest absolute Gasteiger partial charge is 0.326 e. The van der Waals surface area contributed by atoms with E-state index in [0.29, 0.717) is 18.9 Å². The number of aliphatic carboxylic acids is 1. The molecular formula is C14H26N2O3. The predicted octanol–water partition coefficient (Wildman–Crippen LogP) is 2.37. The molecule has 3 atom stereocenters. The van der Waals surface area contributed by atoms with Gasteiger partial charge in [-0.15, -0.1) is 0 Å². The molecule has 1 fully saturated rings. The van der Waals surface area contributed by atoms with Crippen molar-refractivity contribution in [2.45, 2.75) is 58.4 Å². The summed E-state index contributed by atoms with van der Waals surface area (Å²) in [5, 5.41) is 14.3. The average Bonchev–Trinajstić information content (AvgIpc) is 2.36. The summed E-state index contributed by atoms with van der Waals surface area (Å²) < 4.78 is 0. The zero-order chi connectivity index (χ0) is 14.3. The van der Waals surface area contributed by atoms with Crippen LogP contribution in [0.5, 0.6) is 0 Å². The van der Waals surface area contributed by atoms with Gasteiger partial charge in [-0.3, -0.25) is 0 Å². The minimum Gasteiger partial charge on any atom is -0.480 e. The molecule has 0 heterocycles. The molecule has 1 aliphatic carbocycles. The van der Waals surface area contributed by atoms with E-state index in [9.17, 15) is 9.59 Å². The Labute approximate surface area is 115 Å². The van der Waals surface area contributed by atoms with Crippen molar-refractivity contribution in [1.82, 2.24) is 10.6 Å². The monoisotopic (exact) mass is 270 g/mol. The molecule has 5 heteroatoms. The molecule has 1 rings (SSSR count). The average molecular weight is 270 g/mol. The van der Waals surface area contributed by atoms with Crippen molar-refractivity contribution >= 4 is 12.0 Å². The minimum absolute atomic E-state index is 0.362. The Bertz CT molecular complexity index is 307. The van der Waals surface area contributed by atoms with Crippen molar-refractivity contribution < 1.29 is 14.7 Å². The maximum atomic E-state index is 11.7. The first-order chi connectivity index (χ1) is 9.02. The lowest BCUT2D eigenvalue weighted by Gasteiger charge is -2.27. The number of nitrogens with one attached hydrogen (secondary N) is 2. The Balaban J connectivity index is 2.28. The summed E-state index contributed by atoms with van der Waals surface area (Å²) >= 11 is 0. The minimum atomic E-state index is -0.969. The van der Waals surface area contributed by atoms with Gasteiger partial charge in [-0.05, 0) is 31.1 Å². The first-order valence-corrected chi connectivity index (χ1v) is 7.30. The van der Waals surface area contributed by atoms with Crippen LogP contribution in [-0.4, -0.2) is 29.7 Å². The number of rotatable bonds is 6. The second-order valence-electron chi connectivity index (χ2n) is 5.67. The second kappa shape index (κ2) is 8.02. The molecule has 110 valence electrons. The fourth-order valence-electron chi connectivity index (χ4n) is 2.74. The molecule has 2 amide bonds. The van der Waals surface area contributed by atoms with E-state index < -0.39 is 12.0 Å². The quantitative estimate of drug-likeness (QED) is 0.693. The highest BCUT2D eigenvalue weighted by Gasteiger charge is 2.21. The fourth-order valence-corrected chi connectivity index (χ4v) is 2.74. The van der Waals surface area contributed by atoms with Crippen LogP contribution in [0.15, 0.2) is 0 Å². The summed E-state index contributed by atoms with van der Waals surface area (Å²) in [7, 11) is 0. The number of carboxylic acid groups (broad SMARTS) is 1. The number of carbonyl (C=O) groups is 2. The summed E-state index contributed by atoms with van der Waals surface area (Å²) in [4.78, 5) is 22.6. The number of carboxylic acids is 1. The van der Waals surface area contributed by atoms with Crippen molar-refractivity contribution in [3.05, 3.63) is 0 Å². The molecule has 0 aromatic heterocycles. The topological polar surface area (TPSA) is 78.4 Å². The molecule has 19 heavy (non-hydrogen) atoms. The third-order valence-corrected chi connectivity index (χ3v) is 3.78. The van der Waals surface area contributed by atoms with E-state index in [0.717, 1.165) is 25.2 Å². The molecule has 0 aromatic carbocycles. The largest absolute Gasteiger partial charge is 0.480 e. The molecule has 1 aliphatic rings. The van der Waals surface area contributed by atoms with Crippen molar-refractivity contribution in [2.75, 3.05) is 6.54 Å². The van der Waals surface area contributed by atoms with E-state index >= 15 is 0 Å². The maximum Gasteiger partial charge on any atom is 0.326 e. The van der Waals surface area contributed by atoms with E-state index in [1.807, 2.05) is 6.92 Å². The van der Waals surface area contributed by atoms with Crippen molar-refractivity contribution in [3.63, 3.8) is 0 Å². The number of amides is 2. The summed E-state index contributed by atoms with van der Waals surface area (Å²) in [5.41, 5.74) is 0. The lowest BCUT2D eigenvalue weighted by atomic mass is 9.82. The molecule has 0 aliphatic heterocycles. The van der Waals surface area contributed by atoms with Gasteiger partial charge >= 0.3 is 12.0 Å². The Morgan fingerprint density at radius 1 is 1.37 bits per heavy atom. The molecule has 2 unspecified atom stereocenters. The molecule has 3 N–H and O–H groups in total. The van der Waals surface area contributed by atoms with Crippen LogP contribution in [0.3, 0.4) is 0 Å². The molecular weight excluding hydrogens is 244 g/mol. The Kier molecular flexibility index (Phi) is 6.67. The van der Waals surface area contributed by atoms with Crippen LogP contribution < -0.4 is 10.6 Å². The number of hydrogen-bond acceptors (Lipinski definition) is 2. The van der Waals surface area contributed by atoms with Crippen LogP contribution >= 0.6 is 0 Å². The van der Waals surface area contributed by atoms with Gasteiger partial charge in [0.1, 0.15) is 6.04 Å². The number of carbonyl (C=O) groups excluding carboxylic acids is 1. The van der Waals surface area contributed by atoms with Crippen LogP contribution in [0.4, 0.5) is 4.79 Å². The first kappa shape index (κ1) is 15.8. The molecule has 0 radical (unpaired) electrons. The van der Waals surface area contributed by atoms with Gasteiger partial charge in [-0.25, -0.2) is 9.59 Å². The Morgan fingerprint density at radius 3 is 2.68 bits per heavy atom. The SMILES string of the molecule is CCC[C@H](NC(=O)NCC1CCCC(C)C1)C(=O)O. The van der Waals surface area contributed by atoms with Crippen molar-refractivity contribution in [1.29, 1.82) is 0 Å². The standard InChI is InChI=1S/C14H26N2O3/c1-3-5-12(13(17)18)16-14(19)15-9-11-7-4-6-10(2)8-11/h10-12H,3-9H2,1-2H3,(H,17,18)(H2,15,16,19)/t10?,11?,12-/m0/s1. The third kappa shape index (κ3) is 5.94. The molecule has 5 nitrogen and oxygen atoms in total. The summed E-state index contributed by atoms with van der Waals surface area (Å²) in [6.07, 6.45) is 6.00. The lowest BCUT2D eigenvalue weighted by molar-refractivity contribution is -0.139. The maximum absolute atomic E-state index is 11.7. The van der Waals surface area contributed by atoms with Crippen LogP contribution in [0.2, 0.25) is 0 Å². The van der Waals surface area contributed by atoms with Gasteiger partial charge in [0.15, 0.2) is 0 Å². The third-order valence-electron chi connectivity index (χ3n) is 3.78. The Morgan fingerprint density at radius 2 is 2.11 bits per heavy atom. The van der Waals surface area contributed by atoms with Crippen LogP contribution in [0.1, 0.15) is 52.4 Å². The fraction of sp³-hybridized carbons (Fsp3) is 0.857. The van der Waals surface area contributed by atoms with Crippen LogP contribution in [0.25, 0.3) is 0 Å². The predicted molar refractivity (Wildman–Crippen MR) is 74.0 cm³/mol. The number of hydrogen-bond donors (Lipinski definition) is 3. The van der Waals surface area contributed by atoms with Crippen molar-refractivity contribution in [3.8, 4) is 0 Å². The van der Waals surface area contributed by atoms with Gasteiger partial charge in [-0.2, -0.15) is 0 Å². The normalized spacial score (nSPS) is 24.5. The van der Waals surface area contributed by atoms with E-state index in [1.165, 1.54) is 12.8 Å². The first-order valence-electron chi connectivity index (χ1n) is 7.30. The zero-order valence-electron chi connectivity index (χ0n) is 11.9. The zero-order valence-corrected chi connectivity index (χ0v) is 11.9. The highest BCUT2D eigenvalue weighted by atomic mass is 16.4. The van der Waals surface area contributed by atoms with Gasteiger partial charge in [0.2, 0.25) is 0 Å². The number of urea groups is 1. The van der Waals surface area contributed by atoms with Gasteiger partial charge in [0, 0.05) is 6.54 Å². The summed E-state index contributed by atoms with van der Waals surface area (Å²) in [6.45, 7) is 4.79. The molecule has 0 bridgehead atoms. The van der Waals surface area contributed by atoms with Gasteiger partial charge in [0.05, 0.1) is 0 Å². The summed E-state index contributed by atoms with van der Waals surface area (Å²) in [5.74, 6) is 0.294. The summed E-state index contributed by atoms with van der Waals surface area (Å²) in [6, 6.07) is -1.14. The lowest BCUT2D eigenvalue weighted by Crippen LogP contribution is -2.47. The Hall–Kier alpha value is -1.26. The van der Waals surface area contributed by atoms with E-state index in [4.69, 9.17) is 5.11 Å². The van der Waals surface area contributed by atoms with E-state index in [2.05, 4.69) is 17.6 Å². The van der Waals surface area contributed by atoms with E-state index in [-0.39, 0.29) is 6.03 Å². The van der Waals surface area contributed by atoms with Gasteiger partial charge < -0.3 is 15.7 Å². The van der Waals surface area contributed by atoms with Crippen molar-refractivity contribution in [2.24, 2.45) is 11.8 Å². The van der Waals surface area contributed by atoms with Crippen LogP contribution in [0, 0.1) is 11.8 Å². The molecule has 1 saturated carbocycles. The molecule has 0 spiro atoms. The van der Waals surface area contributed by atoms with Gasteiger partial charge in [0.25, 0.3) is 0 Å². The van der Waals surface area contributed by atoms with Gasteiger partial charge in [-0.1, -0.05) is 33.1 Å². The van der Waals surface area contributed by atoms with E-state index in [1.54, 1.807) is 0 Å². The molecule has 0 aromatic rings.